The van der Waals surface area contributed by atoms with Crippen molar-refractivity contribution in [1.82, 2.24) is 5.32 Å². The number of methoxy groups -OCH3 is 1. The quantitative estimate of drug-likeness (QED) is 0.271. The average Bonchev–Trinajstić information content (AvgIpc) is 3.10. The van der Waals surface area contributed by atoms with Crippen molar-refractivity contribution in [3.8, 4) is 0 Å². The van der Waals surface area contributed by atoms with Crippen LogP contribution in [0.4, 0.5) is 10.1 Å². The van der Waals surface area contributed by atoms with E-state index in [4.69, 9.17) is 0 Å². The van der Waals surface area contributed by atoms with Gasteiger partial charge in [0, 0.05) is 24.1 Å². The monoisotopic (exact) mass is 438 g/mol. The average molecular weight is 438 g/mol. The van der Waals surface area contributed by atoms with Crippen LogP contribution in [0.5, 0.6) is 0 Å². The molecule has 0 bridgehead atoms. The van der Waals surface area contributed by atoms with Crippen LogP contribution >= 0.6 is 0 Å². The topological polar surface area (TPSA) is 109 Å². The number of halogens is 1. The Bertz CT molecular complexity index is 1060. The van der Waals surface area contributed by atoms with Crippen LogP contribution in [-0.2, 0) is 14.3 Å². The van der Waals surface area contributed by atoms with E-state index in [0.717, 1.165) is 19.3 Å². The molecule has 8 nitrogen and oxygen atoms in total. The lowest BCUT2D eigenvalue weighted by Crippen LogP contribution is -2.24. The van der Waals surface area contributed by atoms with Crippen molar-refractivity contribution < 1.29 is 23.5 Å². The largest absolute Gasteiger partial charge is 0.469 e. The molecule has 0 unspecified atom stereocenters. The molecule has 2 N–H and O–H groups in total. The highest BCUT2D eigenvalue weighted by Gasteiger charge is 2.26. The molecular formula is C23H23FN4O4. The number of nitrogens with zero attached hydrogens (tertiary/aromatic N) is 2. The van der Waals surface area contributed by atoms with E-state index in [0.29, 0.717) is 35.3 Å². The highest BCUT2D eigenvalue weighted by atomic mass is 19.1. The Morgan fingerprint density at radius 1 is 1.12 bits per heavy atom. The number of benzene rings is 2. The molecule has 2 amide bonds. The number of nitrogens with one attached hydrogen (secondary N) is 2. The molecule has 1 aliphatic heterocycles. The van der Waals surface area contributed by atoms with Gasteiger partial charge < -0.3 is 15.4 Å². The summed E-state index contributed by atoms with van der Waals surface area (Å²) in [5, 5.41) is 13.3. The maximum atomic E-state index is 13.4. The van der Waals surface area contributed by atoms with E-state index in [2.05, 4.69) is 25.6 Å². The molecule has 2 aromatic rings. The van der Waals surface area contributed by atoms with Crippen LogP contribution in [0, 0.1) is 5.82 Å². The van der Waals surface area contributed by atoms with E-state index in [1.165, 1.54) is 31.5 Å². The molecule has 9 heteroatoms. The van der Waals surface area contributed by atoms with Crippen LogP contribution in [0.3, 0.4) is 0 Å². The van der Waals surface area contributed by atoms with Crippen LogP contribution in [0.2, 0.25) is 0 Å². The van der Waals surface area contributed by atoms with Gasteiger partial charge in [0.2, 0.25) is 0 Å². The molecule has 1 heterocycles. The molecule has 0 atom stereocenters. The fourth-order valence-electron chi connectivity index (χ4n) is 3.08. The van der Waals surface area contributed by atoms with Gasteiger partial charge in [-0.3, -0.25) is 14.4 Å². The number of rotatable bonds is 9. The second-order valence-electron chi connectivity index (χ2n) is 7.10. The van der Waals surface area contributed by atoms with Crippen LogP contribution in [0.1, 0.15) is 47.2 Å². The van der Waals surface area contributed by atoms with Gasteiger partial charge in [-0.05, 0) is 48.7 Å². The first-order valence-corrected chi connectivity index (χ1v) is 10.2. The first-order valence-electron chi connectivity index (χ1n) is 10.2. The molecule has 166 valence electrons. The van der Waals surface area contributed by atoms with Crippen molar-refractivity contribution in [2.45, 2.75) is 25.7 Å². The Labute approximate surface area is 184 Å². The molecule has 0 saturated heterocycles. The Morgan fingerprint density at radius 2 is 1.91 bits per heavy atom. The second-order valence-corrected chi connectivity index (χ2v) is 7.10. The highest BCUT2D eigenvalue weighted by Crippen LogP contribution is 2.24. The molecule has 2 aromatic carbocycles. The number of unbranched alkanes of at least 4 members (excludes halogenated alkanes) is 2. The molecule has 0 fully saturated rings. The van der Waals surface area contributed by atoms with Crippen molar-refractivity contribution in [2.24, 2.45) is 10.2 Å². The third kappa shape index (κ3) is 6.07. The van der Waals surface area contributed by atoms with E-state index in [1.807, 2.05) is 0 Å². The summed E-state index contributed by atoms with van der Waals surface area (Å²) in [5.74, 6) is -1.33. The van der Waals surface area contributed by atoms with E-state index >= 15 is 0 Å². The SMILES string of the molecule is COC(=O)CCCCCNC(=O)c1ccc(C=NN=C2C(=O)Nc3ccc(F)cc32)cc1. The third-order valence-electron chi connectivity index (χ3n) is 4.81. The lowest BCUT2D eigenvalue weighted by atomic mass is 10.1. The van der Waals surface area contributed by atoms with Gasteiger partial charge in [0.1, 0.15) is 5.82 Å². The number of fused-ring (bicyclic) bond motifs is 1. The summed E-state index contributed by atoms with van der Waals surface area (Å²) in [6, 6.07) is 10.7. The minimum absolute atomic E-state index is 0.0401. The number of amides is 2. The van der Waals surface area contributed by atoms with Crippen molar-refractivity contribution in [2.75, 3.05) is 19.0 Å². The molecule has 0 saturated carbocycles. The van der Waals surface area contributed by atoms with Gasteiger partial charge in [0.15, 0.2) is 5.71 Å². The summed E-state index contributed by atoms with van der Waals surface area (Å²) in [6.45, 7) is 0.519. The van der Waals surface area contributed by atoms with Crippen molar-refractivity contribution in [3.05, 3.63) is 65.0 Å². The smallest absolute Gasteiger partial charge is 0.305 e. The zero-order chi connectivity index (χ0) is 22.9. The van der Waals surface area contributed by atoms with Gasteiger partial charge in [-0.1, -0.05) is 18.6 Å². The van der Waals surface area contributed by atoms with Crippen LogP contribution < -0.4 is 10.6 Å². The zero-order valence-electron chi connectivity index (χ0n) is 17.6. The Morgan fingerprint density at radius 3 is 2.66 bits per heavy atom. The predicted octanol–water partition coefficient (Wildman–Crippen LogP) is 3.06. The third-order valence-corrected chi connectivity index (χ3v) is 4.81. The number of esters is 1. The zero-order valence-corrected chi connectivity index (χ0v) is 17.6. The van der Waals surface area contributed by atoms with Gasteiger partial charge in [-0.15, -0.1) is 5.10 Å². The number of hydrogen-bond acceptors (Lipinski definition) is 6. The lowest BCUT2D eigenvalue weighted by Gasteiger charge is -2.05. The normalized spacial score (nSPS) is 13.8. The van der Waals surface area contributed by atoms with E-state index in [-0.39, 0.29) is 17.6 Å². The molecule has 0 aromatic heterocycles. The maximum Gasteiger partial charge on any atom is 0.305 e. The predicted molar refractivity (Wildman–Crippen MR) is 118 cm³/mol. The maximum absolute atomic E-state index is 13.4. The minimum Gasteiger partial charge on any atom is -0.469 e. The summed E-state index contributed by atoms with van der Waals surface area (Å²) in [7, 11) is 1.36. The number of hydrogen-bond donors (Lipinski definition) is 2. The highest BCUT2D eigenvalue weighted by molar-refractivity contribution is 6.53. The summed E-state index contributed by atoms with van der Waals surface area (Å²) >= 11 is 0. The van der Waals surface area contributed by atoms with Gasteiger partial charge in [0.25, 0.3) is 11.8 Å². The molecule has 0 radical (unpaired) electrons. The number of ether oxygens (including phenoxy) is 1. The summed E-state index contributed by atoms with van der Waals surface area (Å²) < 4.78 is 18.0. The number of carbonyl (C=O) groups excluding carboxylic acids is 3. The van der Waals surface area contributed by atoms with Crippen molar-refractivity contribution in [1.29, 1.82) is 0 Å². The second kappa shape index (κ2) is 10.9. The number of anilines is 1. The molecular weight excluding hydrogens is 415 g/mol. The summed E-state index contributed by atoms with van der Waals surface area (Å²) in [6.07, 6.45) is 4.15. The Balaban J connectivity index is 1.50. The van der Waals surface area contributed by atoms with E-state index in [1.54, 1.807) is 24.3 Å². The van der Waals surface area contributed by atoms with Gasteiger partial charge in [-0.25, -0.2) is 4.39 Å². The van der Waals surface area contributed by atoms with Gasteiger partial charge in [-0.2, -0.15) is 5.10 Å². The summed E-state index contributed by atoms with van der Waals surface area (Å²) in [5.41, 5.74) is 2.08. The molecule has 32 heavy (non-hydrogen) atoms. The summed E-state index contributed by atoms with van der Waals surface area (Å²) in [4.78, 5) is 35.2. The van der Waals surface area contributed by atoms with Gasteiger partial charge in [0.05, 0.1) is 19.0 Å². The van der Waals surface area contributed by atoms with Crippen molar-refractivity contribution >= 4 is 35.4 Å². The molecule has 3 rings (SSSR count). The van der Waals surface area contributed by atoms with Crippen LogP contribution in [-0.4, -0.2) is 43.4 Å². The lowest BCUT2D eigenvalue weighted by molar-refractivity contribution is -0.140. The minimum atomic E-state index is -0.466. The number of carbonyl (C=O) groups is 3. The molecule has 1 aliphatic rings. The van der Waals surface area contributed by atoms with Crippen LogP contribution in [0.25, 0.3) is 0 Å². The standard InChI is InChI=1S/C23H23FN4O4/c1-32-20(29)5-3-2-4-12-25-22(30)16-8-6-15(7-9-16)14-26-28-21-18-13-17(24)10-11-19(18)27-23(21)31/h6-11,13-14H,2-5,12H2,1H3,(H,25,30)(H,27,28,31). The molecule has 0 spiro atoms. The van der Waals surface area contributed by atoms with Crippen molar-refractivity contribution in [3.63, 3.8) is 0 Å². The fraction of sp³-hybridized carbons (Fsp3) is 0.261. The van der Waals surface area contributed by atoms with E-state index in [9.17, 15) is 18.8 Å². The molecule has 0 aliphatic carbocycles. The first kappa shape index (κ1) is 22.8. The van der Waals surface area contributed by atoms with E-state index < -0.39 is 11.7 Å². The van der Waals surface area contributed by atoms with Gasteiger partial charge >= 0.3 is 5.97 Å². The van der Waals surface area contributed by atoms with Crippen LogP contribution in [0.15, 0.2) is 52.7 Å². The Hall–Kier alpha value is -3.88. The fourth-order valence-corrected chi connectivity index (χ4v) is 3.08. The Kier molecular flexibility index (Phi) is 7.80. The first-order chi connectivity index (χ1) is 15.5.